The Morgan fingerprint density at radius 2 is 0.587 bits per heavy atom. The van der Waals surface area contributed by atoms with Crippen LogP contribution in [0.25, 0.3) is 75.4 Å². The predicted molar refractivity (Wildman–Crippen MR) is 200 cm³/mol. The molecule has 0 aliphatic carbocycles. The van der Waals surface area contributed by atoms with Gasteiger partial charge in [0, 0.05) is 43.7 Å². The van der Waals surface area contributed by atoms with Crippen molar-refractivity contribution in [3.05, 3.63) is 158 Å². The molecule has 2 heteroatoms. The lowest BCUT2D eigenvalue weighted by Gasteiger charge is -2.22. The van der Waals surface area contributed by atoms with Gasteiger partial charge in [-0.3, -0.25) is 0 Å². The largest absolute Gasteiger partial charge is 0.355 e. The molecular formula is C44H28N2. The molecule has 0 saturated heterocycles. The van der Waals surface area contributed by atoms with Gasteiger partial charge in [0.2, 0.25) is 0 Å². The Hall–Kier alpha value is -6.12. The first-order chi connectivity index (χ1) is 22.8. The van der Waals surface area contributed by atoms with E-state index < -0.39 is 0 Å². The fourth-order valence-corrected chi connectivity index (χ4v) is 7.59. The Labute approximate surface area is 265 Å². The molecule has 0 radical (unpaired) electrons. The van der Waals surface area contributed by atoms with Crippen LogP contribution in [0, 0.1) is 0 Å². The van der Waals surface area contributed by atoms with Crippen molar-refractivity contribution in [3.63, 3.8) is 0 Å². The highest BCUT2D eigenvalue weighted by Crippen LogP contribution is 2.49. The topological polar surface area (TPSA) is 24.1 Å². The Kier molecular flexibility index (Phi) is 5.31. The maximum Gasteiger partial charge on any atom is 0.0544 e. The summed E-state index contributed by atoms with van der Waals surface area (Å²) in [5.41, 5.74) is 4.45. The average molecular weight is 585 g/mol. The van der Waals surface area contributed by atoms with Crippen molar-refractivity contribution in [2.24, 2.45) is 0 Å². The zero-order chi connectivity index (χ0) is 30.2. The van der Waals surface area contributed by atoms with Crippen LogP contribution in [-0.4, -0.2) is 0 Å². The molecule has 0 aliphatic heterocycles. The monoisotopic (exact) mass is 584 g/mol. The summed E-state index contributed by atoms with van der Waals surface area (Å²) in [5, 5.41) is 25.3. The van der Waals surface area contributed by atoms with Crippen molar-refractivity contribution in [3.8, 4) is 0 Å². The molecule has 46 heavy (non-hydrogen) atoms. The number of hydrogen-bond donors (Lipinski definition) is 2. The highest BCUT2D eigenvalue weighted by Gasteiger charge is 2.21. The van der Waals surface area contributed by atoms with Gasteiger partial charge in [-0.1, -0.05) is 109 Å². The third-order valence-electron chi connectivity index (χ3n) is 9.68. The van der Waals surface area contributed by atoms with Crippen LogP contribution >= 0.6 is 0 Å². The van der Waals surface area contributed by atoms with E-state index in [-0.39, 0.29) is 0 Å². The maximum absolute atomic E-state index is 3.87. The zero-order valence-corrected chi connectivity index (χ0v) is 25.0. The van der Waals surface area contributed by atoms with Gasteiger partial charge in [0.1, 0.15) is 0 Å². The molecular weight excluding hydrogens is 556 g/mol. The van der Waals surface area contributed by atoms with Gasteiger partial charge in [0.05, 0.1) is 11.4 Å². The standard InChI is InChI=1S/C44H28N2/c1-3-15-31(16-4-1)45-43-35-21-19-34-38-24-28-12-8-10-14-30(28)26-40(38)44(46-32-17-5-2-6-18-32)36-22-20-33(41(35)42(34)36)37-23-27-11-7-9-13-29(27)25-39(37)43/h1-26,45-46H. The van der Waals surface area contributed by atoms with Crippen LogP contribution in [0.5, 0.6) is 0 Å². The molecule has 10 aromatic rings. The molecule has 0 heterocycles. The molecule has 0 amide bonds. The number of nitrogens with one attached hydrogen (secondary N) is 2. The van der Waals surface area contributed by atoms with Gasteiger partial charge in [-0.15, -0.1) is 0 Å². The van der Waals surface area contributed by atoms with E-state index in [0.29, 0.717) is 0 Å². The van der Waals surface area contributed by atoms with Crippen molar-refractivity contribution in [1.29, 1.82) is 0 Å². The highest BCUT2D eigenvalue weighted by atomic mass is 14.9. The van der Waals surface area contributed by atoms with Crippen LogP contribution in [0.1, 0.15) is 0 Å². The van der Waals surface area contributed by atoms with Gasteiger partial charge in [0.15, 0.2) is 0 Å². The average Bonchev–Trinajstić information content (AvgIpc) is 3.11. The Morgan fingerprint density at radius 1 is 0.261 bits per heavy atom. The summed E-state index contributed by atoms with van der Waals surface area (Å²) >= 11 is 0. The molecule has 0 fully saturated rings. The number of hydrogen-bond acceptors (Lipinski definition) is 2. The van der Waals surface area contributed by atoms with Gasteiger partial charge in [-0.2, -0.15) is 0 Å². The maximum atomic E-state index is 3.87. The van der Waals surface area contributed by atoms with Gasteiger partial charge in [-0.25, -0.2) is 0 Å². The fraction of sp³-hybridized carbons (Fsp3) is 0. The Balaban J connectivity index is 1.41. The van der Waals surface area contributed by atoms with E-state index in [1.165, 1.54) is 75.4 Å². The molecule has 0 bridgehead atoms. The fourth-order valence-electron chi connectivity index (χ4n) is 7.59. The first-order valence-electron chi connectivity index (χ1n) is 15.9. The van der Waals surface area contributed by atoms with Crippen LogP contribution < -0.4 is 10.6 Å². The summed E-state index contributed by atoms with van der Waals surface area (Å²) in [6.07, 6.45) is 0. The smallest absolute Gasteiger partial charge is 0.0544 e. The number of benzene rings is 10. The SMILES string of the molecule is c1ccc(Nc2c3cc4ccccc4cc3c3ccc4c(Nc5ccccc5)c5cc6ccccc6cc5c5ccc2c3c45)cc1. The zero-order valence-electron chi connectivity index (χ0n) is 25.0. The minimum absolute atomic E-state index is 1.08. The second kappa shape index (κ2) is 9.69. The lowest BCUT2D eigenvalue weighted by atomic mass is 9.85. The van der Waals surface area contributed by atoms with E-state index >= 15 is 0 Å². The van der Waals surface area contributed by atoms with E-state index in [0.717, 1.165) is 22.7 Å². The van der Waals surface area contributed by atoms with E-state index in [1.807, 2.05) is 0 Å². The molecule has 0 aromatic heterocycles. The van der Waals surface area contributed by atoms with Crippen molar-refractivity contribution in [1.82, 2.24) is 0 Å². The summed E-state index contributed by atoms with van der Waals surface area (Å²) in [4.78, 5) is 0. The molecule has 0 unspecified atom stereocenters. The molecule has 10 aromatic carbocycles. The van der Waals surface area contributed by atoms with Gasteiger partial charge >= 0.3 is 0 Å². The second-order valence-corrected chi connectivity index (χ2v) is 12.3. The Bertz CT molecular complexity index is 2590. The normalized spacial score (nSPS) is 11.9. The van der Waals surface area contributed by atoms with Gasteiger partial charge in [0.25, 0.3) is 0 Å². The van der Waals surface area contributed by atoms with E-state index in [2.05, 4.69) is 168 Å². The minimum atomic E-state index is 1.08. The highest BCUT2D eigenvalue weighted by molar-refractivity contribution is 6.39. The van der Waals surface area contributed by atoms with Crippen LogP contribution in [0.2, 0.25) is 0 Å². The molecule has 2 nitrogen and oxygen atoms in total. The summed E-state index contributed by atoms with van der Waals surface area (Å²) in [7, 11) is 0. The molecule has 0 atom stereocenters. The van der Waals surface area contributed by atoms with E-state index in [9.17, 15) is 0 Å². The quantitative estimate of drug-likeness (QED) is 0.159. The molecule has 0 aliphatic rings. The number of para-hydroxylation sites is 2. The lowest BCUT2D eigenvalue weighted by Crippen LogP contribution is -1.98. The second-order valence-electron chi connectivity index (χ2n) is 12.3. The van der Waals surface area contributed by atoms with Crippen LogP contribution in [-0.2, 0) is 0 Å². The summed E-state index contributed by atoms with van der Waals surface area (Å²) < 4.78 is 0. The lowest BCUT2D eigenvalue weighted by molar-refractivity contribution is 1.60. The molecule has 2 N–H and O–H groups in total. The number of rotatable bonds is 4. The Morgan fingerprint density at radius 3 is 0.978 bits per heavy atom. The molecule has 0 spiro atoms. The van der Waals surface area contributed by atoms with Crippen molar-refractivity contribution >= 4 is 98.2 Å². The van der Waals surface area contributed by atoms with Gasteiger partial charge in [-0.05, 0) is 91.6 Å². The molecule has 0 saturated carbocycles. The summed E-state index contributed by atoms with van der Waals surface area (Å²) in [5.74, 6) is 0. The third kappa shape index (κ3) is 3.71. The predicted octanol–water partition coefficient (Wildman–Crippen LogP) is 12.7. The van der Waals surface area contributed by atoms with Crippen molar-refractivity contribution in [2.45, 2.75) is 0 Å². The minimum Gasteiger partial charge on any atom is -0.355 e. The number of anilines is 4. The van der Waals surface area contributed by atoms with Crippen molar-refractivity contribution < 1.29 is 0 Å². The van der Waals surface area contributed by atoms with Crippen LogP contribution in [0.15, 0.2) is 158 Å². The van der Waals surface area contributed by atoms with E-state index in [1.54, 1.807) is 0 Å². The number of fused-ring (bicyclic) bond motifs is 6. The van der Waals surface area contributed by atoms with Crippen LogP contribution in [0.3, 0.4) is 0 Å². The van der Waals surface area contributed by atoms with E-state index in [4.69, 9.17) is 0 Å². The molecule has 214 valence electrons. The third-order valence-corrected chi connectivity index (χ3v) is 9.68. The van der Waals surface area contributed by atoms with Crippen LogP contribution in [0.4, 0.5) is 22.7 Å². The van der Waals surface area contributed by atoms with Crippen molar-refractivity contribution in [2.75, 3.05) is 10.6 Å². The first kappa shape index (κ1) is 25.2. The van der Waals surface area contributed by atoms with Gasteiger partial charge < -0.3 is 10.6 Å². The summed E-state index contributed by atoms with van der Waals surface area (Å²) in [6, 6.07) is 57.3. The summed E-state index contributed by atoms with van der Waals surface area (Å²) in [6.45, 7) is 0. The first-order valence-corrected chi connectivity index (χ1v) is 15.9. The molecule has 10 rings (SSSR count).